The van der Waals surface area contributed by atoms with Crippen LogP contribution >= 0.6 is 22.9 Å². The quantitative estimate of drug-likeness (QED) is 0.278. The second-order valence-electron chi connectivity index (χ2n) is 8.34. The van der Waals surface area contributed by atoms with Gasteiger partial charge in [-0.3, -0.25) is 14.5 Å². The number of ether oxygens (including phenoxy) is 1. The molecule has 0 spiro atoms. The maximum atomic E-state index is 14.0. The lowest BCUT2D eigenvalue weighted by molar-refractivity contribution is -0.117. The number of aliphatic hydroxyl groups is 1. The fourth-order valence-corrected chi connectivity index (χ4v) is 5.50. The number of aliphatic hydroxyl groups excluding tert-OH is 1. The van der Waals surface area contributed by atoms with Crippen molar-refractivity contribution in [2.24, 2.45) is 0 Å². The minimum absolute atomic E-state index is 0.106. The molecule has 1 atom stereocenters. The number of aromatic nitrogens is 1. The number of ketones is 1. The summed E-state index contributed by atoms with van der Waals surface area (Å²) in [6, 6.07) is 19.0. The van der Waals surface area contributed by atoms with Crippen molar-refractivity contribution in [3.63, 3.8) is 0 Å². The average molecular weight is 535 g/mol. The van der Waals surface area contributed by atoms with E-state index in [-0.39, 0.29) is 16.3 Å². The molecule has 37 heavy (non-hydrogen) atoms. The monoisotopic (exact) mass is 534 g/mol. The van der Waals surface area contributed by atoms with E-state index in [4.69, 9.17) is 16.3 Å². The molecule has 1 aliphatic heterocycles. The van der Waals surface area contributed by atoms with Crippen LogP contribution in [0.25, 0.3) is 10.6 Å². The molecule has 9 heteroatoms. The lowest BCUT2D eigenvalue weighted by Crippen LogP contribution is -2.31. The molecule has 0 radical (unpaired) electrons. The standard InChI is InChI=1S/C28H20ClFN2O4S/c1-15-26(37-27(31-15)16-7-4-3-5-8-16)24(33)22-23(17-9-6-10-19(13-17)36-2)32(28(35)25(22)34)18-11-12-21(30)20(29)14-18/h3-14,23,34H,1-2H3. The molecule has 1 amide bonds. The molecule has 3 aromatic carbocycles. The van der Waals surface area contributed by atoms with Crippen LogP contribution in [0.3, 0.4) is 0 Å². The Hall–Kier alpha value is -4.01. The van der Waals surface area contributed by atoms with E-state index in [1.54, 1.807) is 31.2 Å². The summed E-state index contributed by atoms with van der Waals surface area (Å²) in [6.07, 6.45) is 0. The van der Waals surface area contributed by atoms with Crippen LogP contribution in [0.4, 0.5) is 10.1 Å². The molecule has 6 nitrogen and oxygen atoms in total. The molecule has 4 aromatic rings. The Kier molecular flexibility index (Phi) is 6.54. The van der Waals surface area contributed by atoms with E-state index in [2.05, 4.69) is 4.98 Å². The molecular formula is C28H20ClFN2O4S. The Morgan fingerprint density at radius 2 is 1.86 bits per heavy atom. The van der Waals surface area contributed by atoms with E-state index < -0.39 is 29.3 Å². The summed E-state index contributed by atoms with van der Waals surface area (Å²) in [6.45, 7) is 1.71. The number of carbonyl (C=O) groups excluding carboxylic acids is 2. The van der Waals surface area contributed by atoms with Crippen LogP contribution < -0.4 is 9.64 Å². The summed E-state index contributed by atoms with van der Waals surface area (Å²) in [5.41, 5.74) is 1.97. The first-order chi connectivity index (χ1) is 17.8. The summed E-state index contributed by atoms with van der Waals surface area (Å²) in [5, 5.41) is 11.5. The van der Waals surface area contributed by atoms with Gasteiger partial charge in [0.15, 0.2) is 5.76 Å². The van der Waals surface area contributed by atoms with Crippen molar-refractivity contribution in [1.82, 2.24) is 4.98 Å². The number of methoxy groups -OCH3 is 1. The second kappa shape index (κ2) is 9.80. The average Bonchev–Trinajstić information content (AvgIpc) is 3.43. The number of Topliss-reactive ketones (excluding diaryl/α,β-unsaturated/α-hetero) is 1. The third kappa shape index (κ3) is 4.39. The lowest BCUT2D eigenvalue weighted by atomic mass is 9.94. The molecular weight excluding hydrogens is 515 g/mol. The highest BCUT2D eigenvalue weighted by atomic mass is 35.5. The molecule has 2 heterocycles. The van der Waals surface area contributed by atoms with Gasteiger partial charge in [-0.25, -0.2) is 9.37 Å². The van der Waals surface area contributed by atoms with E-state index >= 15 is 0 Å². The van der Waals surface area contributed by atoms with Crippen LogP contribution in [0.5, 0.6) is 5.75 Å². The van der Waals surface area contributed by atoms with Crippen molar-refractivity contribution in [3.05, 3.63) is 111 Å². The highest BCUT2D eigenvalue weighted by molar-refractivity contribution is 7.17. The summed E-state index contributed by atoms with van der Waals surface area (Å²) in [5.74, 6) is -2.17. The Bertz CT molecular complexity index is 1570. The van der Waals surface area contributed by atoms with Gasteiger partial charge in [-0.2, -0.15) is 0 Å². The first-order valence-electron chi connectivity index (χ1n) is 11.2. The number of benzene rings is 3. The van der Waals surface area contributed by atoms with Crippen molar-refractivity contribution in [3.8, 4) is 16.3 Å². The molecule has 0 bridgehead atoms. The zero-order valence-corrected chi connectivity index (χ0v) is 21.3. The number of aryl methyl sites for hydroxylation is 1. The summed E-state index contributed by atoms with van der Waals surface area (Å²) < 4.78 is 19.3. The van der Waals surface area contributed by atoms with Gasteiger partial charge in [0.2, 0.25) is 5.78 Å². The number of anilines is 1. The smallest absolute Gasteiger partial charge is 0.294 e. The number of thiazole rings is 1. The Labute approximate surface area is 221 Å². The number of rotatable bonds is 6. The van der Waals surface area contributed by atoms with Crippen molar-refractivity contribution in [1.29, 1.82) is 0 Å². The maximum Gasteiger partial charge on any atom is 0.294 e. The molecule has 0 aliphatic carbocycles. The van der Waals surface area contributed by atoms with E-state index in [9.17, 15) is 19.1 Å². The first kappa shape index (κ1) is 24.7. The number of amides is 1. The lowest BCUT2D eigenvalue weighted by Gasteiger charge is -2.27. The van der Waals surface area contributed by atoms with Gasteiger partial charge in [-0.15, -0.1) is 11.3 Å². The molecule has 1 N–H and O–H groups in total. The van der Waals surface area contributed by atoms with Gasteiger partial charge < -0.3 is 9.84 Å². The van der Waals surface area contributed by atoms with Gasteiger partial charge >= 0.3 is 0 Å². The Morgan fingerprint density at radius 3 is 2.57 bits per heavy atom. The molecule has 1 aromatic heterocycles. The first-order valence-corrected chi connectivity index (χ1v) is 12.4. The SMILES string of the molecule is COc1cccc(C2C(C(=O)c3sc(-c4ccccc4)nc3C)=C(O)C(=O)N2c2ccc(F)c(Cl)c2)c1. The van der Waals surface area contributed by atoms with Crippen LogP contribution in [0.2, 0.25) is 5.02 Å². The number of carbonyl (C=O) groups is 2. The van der Waals surface area contributed by atoms with E-state index in [0.717, 1.165) is 11.6 Å². The minimum atomic E-state index is -1.02. The summed E-state index contributed by atoms with van der Waals surface area (Å²) >= 11 is 7.20. The topological polar surface area (TPSA) is 79.7 Å². The highest BCUT2D eigenvalue weighted by Gasteiger charge is 2.45. The van der Waals surface area contributed by atoms with Gasteiger partial charge in [0.1, 0.15) is 16.6 Å². The minimum Gasteiger partial charge on any atom is -0.503 e. The van der Waals surface area contributed by atoms with Crippen LogP contribution in [-0.4, -0.2) is 28.9 Å². The Balaban J connectivity index is 1.65. The molecule has 0 saturated carbocycles. The van der Waals surface area contributed by atoms with Crippen LogP contribution in [0.1, 0.15) is 27.0 Å². The number of hydrogen-bond donors (Lipinski definition) is 1. The molecule has 0 fully saturated rings. The molecule has 0 saturated heterocycles. The molecule has 1 aliphatic rings. The van der Waals surface area contributed by atoms with Crippen molar-refractivity contribution in [2.45, 2.75) is 13.0 Å². The largest absolute Gasteiger partial charge is 0.503 e. The van der Waals surface area contributed by atoms with Crippen molar-refractivity contribution >= 4 is 40.3 Å². The fraction of sp³-hybridized carbons (Fsp3) is 0.107. The normalized spacial score (nSPS) is 15.4. The van der Waals surface area contributed by atoms with Gasteiger partial charge in [-0.05, 0) is 42.8 Å². The molecule has 1 unspecified atom stereocenters. The molecule has 186 valence electrons. The number of nitrogens with zero attached hydrogens (tertiary/aromatic N) is 2. The predicted molar refractivity (Wildman–Crippen MR) is 141 cm³/mol. The summed E-state index contributed by atoms with van der Waals surface area (Å²) in [4.78, 5) is 33.4. The maximum absolute atomic E-state index is 14.0. The second-order valence-corrected chi connectivity index (χ2v) is 9.75. The highest BCUT2D eigenvalue weighted by Crippen LogP contribution is 2.44. The number of hydrogen-bond acceptors (Lipinski definition) is 6. The van der Waals surface area contributed by atoms with Gasteiger partial charge in [0.05, 0.1) is 34.3 Å². The van der Waals surface area contributed by atoms with Crippen molar-refractivity contribution < 1.29 is 23.8 Å². The zero-order chi connectivity index (χ0) is 26.3. The number of halogens is 2. The Morgan fingerprint density at radius 1 is 1.11 bits per heavy atom. The fourth-order valence-electron chi connectivity index (χ4n) is 4.30. The van der Waals surface area contributed by atoms with Crippen LogP contribution in [0, 0.1) is 12.7 Å². The van der Waals surface area contributed by atoms with Gasteiger partial charge in [-0.1, -0.05) is 54.1 Å². The zero-order valence-electron chi connectivity index (χ0n) is 19.7. The third-order valence-corrected chi connectivity index (χ3v) is 7.56. The summed E-state index contributed by atoms with van der Waals surface area (Å²) in [7, 11) is 1.50. The van der Waals surface area contributed by atoms with Crippen LogP contribution in [0.15, 0.2) is 84.1 Å². The van der Waals surface area contributed by atoms with Gasteiger partial charge in [0, 0.05) is 11.3 Å². The van der Waals surface area contributed by atoms with E-state index in [0.29, 0.717) is 26.9 Å². The van der Waals surface area contributed by atoms with Crippen LogP contribution in [-0.2, 0) is 4.79 Å². The van der Waals surface area contributed by atoms with Crippen molar-refractivity contribution in [2.75, 3.05) is 12.0 Å². The predicted octanol–water partition coefficient (Wildman–Crippen LogP) is 6.70. The molecule has 5 rings (SSSR count). The third-order valence-electron chi connectivity index (χ3n) is 6.07. The van der Waals surface area contributed by atoms with E-state index in [1.165, 1.54) is 35.5 Å². The van der Waals surface area contributed by atoms with E-state index in [1.807, 2.05) is 30.3 Å². The van der Waals surface area contributed by atoms with Gasteiger partial charge in [0.25, 0.3) is 5.91 Å².